The van der Waals surface area contributed by atoms with E-state index in [1.165, 1.54) is 0 Å². The number of alkyl halides is 3. The van der Waals surface area contributed by atoms with Gasteiger partial charge in [-0.15, -0.1) is 0 Å². The molecule has 0 unspecified atom stereocenters. The average molecular weight is 220 g/mol. The number of rotatable bonds is 4. The van der Waals surface area contributed by atoms with Gasteiger partial charge in [0, 0.05) is 6.54 Å². The molecule has 0 aromatic carbocycles. The lowest BCUT2D eigenvalue weighted by Crippen LogP contribution is -2.16. The second kappa shape index (κ2) is 4.46. The van der Waals surface area contributed by atoms with Crippen molar-refractivity contribution in [2.24, 2.45) is 0 Å². The highest BCUT2D eigenvalue weighted by Crippen LogP contribution is 2.31. The van der Waals surface area contributed by atoms with Gasteiger partial charge in [0.15, 0.2) is 12.0 Å². The second-order valence-corrected chi connectivity index (χ2v) is 3.14. The Kier molecular flexibility index (Phi) is 3.49. The molecule has 0 bridgehead atoms. The van der Waals surface area contributed by atoms with Gasteiger partial charge >= 0.3 is 6.18 Å². The molecule has 0 saturated heterocycles. The third-order valence-electron chi connectivity index (χ3n) is 1.99. The summed E-state index contributed by atoms with van der Waals surface area (Å²) in [5.74, 6) is 0. The molecule has 1 aromatic rings. The van der Waals surface area contributed by atoms with Gasteiger partial charge in [-0.05, 0) is 6.42 Å². The Morgan fingerprint density at radius 2 is 2.20 bits per heavy atom. The summed E-state index contributed by atoms with van der Waals surface area (Å²) in [6, 6.07) is 0. The Balaban J connectivity index is 3.06. The summed E-state index contributed by atoms with van der Waals surface area (Å²) >= 11 is 0. The molecular formula is C9H11F3N2O. The van der Waals surface area contributed by atoms with Crippen molar-refractivity contribution in [1.82, 2.24) is 9.78 Å². The number of nitrogens with zero attached hydrogens (tertiary/aromatic N) is 2. The van der Waals surface area contributed by atoms with E-state index in [-0.39, 0.29) is 12.8 Å². The minimum atomic E-state index is -4.53. The first-order valence-corrected chi connectivity index (χ1v) is 4.59. The number of unbranched alkanes of at least 4 members (excludes halogenated alkanes) is 1. The maximum Gasteiger partial charge on any atom is 0.433 e. The van der Waals surface area contributed by atoms with Crippen molar-refractivity contribution in [2.75, 3.05) is 0 Å². The number of halogens is 3. The number of aryl methyl sites for hydroxylation is 1. The van der Waals surface area contributed by atoms with E-state index in [0.29, 0.717) is 6.42 Å². The number of carbonyl (C=O) groups is 1. The van der Waals surface area contributed by atoms with Gasteiger partial charge in [-0.2, -0.15) is 18.3 Å². The van der Waals surface area contributed by atoms with Gasteiger partial charge in [-0.25, -0.2) is 0 Å². The van der Waals surface area contributed by atoms with Crippen LogP contribution in [0.25, 0.3) is 0 Å². The van der Waals surface area contributed by atoms with E-state index < -0.39 is 17.4 Å². The quantitative estimate of drug-likeness (QED) is 0.731. The number of hydrogen-bond acceptors (Lipinski definition) is 2. The van der Waals surface area contributed by atoms with E-state index in [0.717, 1.165) is 17.3 Å². The fraction of sp³-hybridized carbons (Fsp3) is 0.556. The number of hydrogen-bond donors (Lipinski definition) is 0. The van der Waals surface area contributed by atoms with Crippen LogP contribution in [0.2, 0.25) is 0 Å². The van der Waals surface area contributed by atoms with Crippen LogP contribution in [0.5, 0.6) is 0 Å². The molecule has 0 saturated carbocycles. The fourth-order valence-corrected chi connectivity index (χ4v) is 1.27. The summed E-state index contributed by atoms with van der Waals surface area (Å²) in [5.41, 5.74) is -1.36. The van der Waals surface area contributed by atoms with Gasteiger partial charge < -0.3 is 0 Å². The van der Waals surface area contributed by atoms with E-state index in [9.17, 15) is 18.0 Å². The third kappa shape index (κ3) is 2.57. The Bertz CT molecular complexity index is 344. The topological polar surface area (TPSA) is 34.9 Å². The predicted octanol–water partition coefficient (Wildman–Crippen LogP) is 2.51. The van der Waals surface area contributed by atoms with Crippen molar-refractivity contribution in [3.63, 3.8) is 0 Å². The summed E-state index contributed by atoms with van der Waals surface area (Å²) in [5, 5.41) is 3.56. The summed E-state index contributed by atoms with van der Waals surface area (Å²) in [6.07, 6.45) is -2.03. The summed E-state index contributed by atoms with van der Waals surface area (Å²) < 4.78 is 38.5. The van der Waals surface area contributed by atoms with Gasteiger partial charge in [0.25, 0.3) is 0 Å². The van der Waals surface area contributed by atoms with Crippen LogP contribution in [0.4, 0.5) is 13.2 Å². The van der Waals surface area contributed by atoms with E-state index in [1.54, 1.807) is 0 Å². The molecule has 0 aliphatic carbocycles. The molecule has 0 fully saturated rings. The lowest BCUT2D eigenvalue weighted by atomic mass is 10.2. The zero-order chi connectivity index (χ0) is 11.5. The molecule has 0 spiro atoms. The Labute approximate surface area is 84.9 Å². The van der Waals surface area contributed by atoms with Crippen LogP contribution >= 0.6 is 0 Å². The molecule has 0 amide bonds. The maximum atomic E-state index is 12.5. The molecule has 15 heavy (non-hydrogen) atoms. The molecule has 0 aliphatic heterocycles. The van der Waals surface area contributed by atoms with E-state index >= 15 is 0 Å². The smallest absolute Gasteiger partial charge is 0.298 e. The Hall–Kier alpha value is -1.33. The highest BCUT2D eigenvalue weighted by atomic mass is 19.4. The second-order valence-electron chi connectivity index (χ2n) is 3.14. The van der Waals surface area contributed by atoms with Gasteiger partial charge in [0.05, 0.1) is 11.8 Å². The molecule has 6 heteroatoms. The molecule has 84 valence electrons. The highest BCUT2D eigenvalue weighted by Gasteiger charge is 2.37. The molecule has 0 aliphatic rings. The molecular weight excluding hydrogens is 209 g/mol. The molecule has 3 nitrogen and oxygen atoms in total. The number of aromatic nitrogens is 2. The van der Waals surface area contributed by atoms with Gasteiger partial charge in [0.1, 0.15) is 0 Å². The monoisotopic (exact) mass is 220 g/mol. The van der Waals surface area contributed by atoms with Crippen molar-refractivity contribution in [2.45, 2.75) is 32.5 Å². The maximum absolute atomic E-state index is 12.5. The van der Waals surface area contributed by atoms with Gasteiger partial charge in [-0.1, -0.05) is 13.3 Å². The Morgan fingerprint density at radius 3 is 2.67 bits per heavy atom. The van der Waals surface area contributed by atoms with Crippen LogP contribution in [0, 0.1) is 0 Å². The zero-order valence-electron chi connectivity index (χ0n) is 8.21. The number of carbonyl (C=O) groups excluding carboxylic acids is 1. The first-order valence-electron chi connectivity index (χ1n) is 4.59. The van der Waals surface area contributed by atoms with Crippen LogP contribution in [0.15, 0.2) is 6.20 Å². The van der Waals surface area contributed by atoms with Crippen LogP contribution in [-0.4, -0.2) is 16.1 Å². The van der Waals surface area contributed by atoms with Gasteiger partial charge in [-0.3, -0.25) is 9.48 Å². The molecule has 0 atom stereocenters. The summed E-state index contributed by atoms with van der Waals surface area (Å²) in [6.45, 7) is 2.05. The summed E-state index contributed by atoms with van der Waals surface area (Å²) in [4.78, 5) is 10.4. The summed E-state index contributed by atoms with van der Waals surface area (Å²) in [7, 11) is 0. The van der Waals surface area contributed by atoms with Crippen molar-refractivity contribution in [3.8, 4) is 0 Å². The highest BCUT2D eigenvalue weighted by molar-refractivity contribution is 5.76. The van der Waals surface area contributed by atoms with Crippen molar-refractivity contribution in [3.05, 3.63) is 17.5 Å². The van der Waals surface area contributed by atoms with Crippen molar-refractivity contribution in [1.29, 1.82) is 0 Å². The molecule has 0 radical (unpaired) electrons. The van der Waals surface area contributed by atoms with Crippen molar-refractivity contribution < 1.29 is 18.0 Å². The lowest BCUT2D eigenvalue weighted by Gasteiger charge is -2.10. The van der Waals surface area contributed by atoms with Crippen LogP contribution in [0.3, 0.4) is 0 Å². The van der Waals surface area contributed by atoms with E-state index in [1.807, 2.05) is 6.92 Å². The largest absolute Gasteiger partial charge is 0.433 e. The predicted molar refractivity (Wildman–Crippen MR) is 47.5 cm³/mol. The third-order valence-corrected chi connectivity index (χ3v) is 1.99. The SMILES string of the molecule is CCCCn1ncc(C=O)c1C(F)(F)F. The molecule has 1 heterocycles. The minimum absolute atomic E-state index is 0.179. The van der Waals surface area contributed by atoms with E-state index in [2.05, 4.69) is 5.10 Å². The fourth-order valence-electron chi connectivity index (χ4n) is 1.27. The van der Waals surface area contributed by atoms with E-state index in [4.69, 9.17) is 0 Å². The number of aldehydes is 1. The minimum Gasteiger partial charge on any atom is -0.298 e. The van der Waals surface area contributed by atoms with Crippen LogP contribution < -0.4 is 0 Å². The standard InChI is InChI=1S/C9H11F3N2O/c1-2-3-4-14-8(9(10,11)12)7(6-15)5-13-14/h5-6H,2-4H2,1H3. The van der Waals surface area contributed by atoms with Crippen molar-refractivity contribution >= 4 is 6.29 Å². The molecule has 1 rings (SSSR count). The normalized spacial score (nSPS) is 11.7. The molecule has 1 aromatic heterocycles. The van der Waals surface area contributed by atoms with Crippen LogP contribution in [-0.2, 0) is 12.7 Å². The zero-order valence-corrected chi connectivity index (χ0v) is 8.21. The molecule has 0 N–H and O–H groups in total. The lowest BCUT2D eigenvalue weighted by molar-refractivity contribution is -0.144. The first kappa shape index (κ1) is 11.7. The van der Waals surface area contributed by atoms with Crippen LogP contribution in [0.1, 0.15) is 35.8 Å². The van der Waals surface area contributed by atoms with Gasteiger partial charge in [0.2, 0.25) is 0 Å². The Morgan fingerprint density at radius 1 is 1.53 bits per heavy atom. The first-order chi connectivity index (χ1) is 7.00. The average Bonchev–Trinajstić information content (AvgIpc) is 2.56.